The third-order valence-corrected chi connectivity index (χ3v) is 4.76. The highest BCUT2D eigenvalue weighted by Gasteiger charge is 2.45. The Morgan fingerprint density at radius 2 is 2.03 bits per heavy atom. The molecule has 4 atom stereocenters. The molecule has 0 radical (unpaired) electrons. The van der Waals surface area contributed by atoms with Crippen LogP contribution in [0, 0.1) is 10.1 Å². The van der Waals surface area contributed by atoms with Gasteiger partial charge in [0.15, 0.2) is 23.2 Å². The Labute approximate surface area is 173 Å². The highest BCUT2D eigenvalue weighted by atomic mass is 16.6. The van der Waals surface area contributed by atoms with Crippen molar-refractivity contribution in [3.63, 3.8) is 0 Å². The van der Waals surface area contributed by atoms with Crippen molar-refractivity contribution >= 4 is 34.8 Å². The largest absolute Gasteiger partial charge is 0.394 e. The summed E-state index contributed by atoms with van der Waals surface area (Å²) in [4.78, 5) is 22.5. The fraction of sp³-hybridized carbons (Fsp3) is 0.294. The molecule has 3 heterocycles. The van der Waals surface area contributed by atoms with Gasteiger partial charge in [-0.1, -0.05) is 0 Å². The quantitative estimate of drug-likeness (QED) is 0.189. The Morgan fingerprint density at radius 3 is 2.68 bits per heavy atom. The van der Waals surface area contributed by atoms with E-state index in [1.165, 1.54) is 41.4 Å². The number of hydrogen-bond acceptors (Lipinski definition) is 12. The van der Waals surface area contributed by atoms with Gasteiger partial charge in [-0.05, 0) is 17.7 Å². The molecule has 0 bridgehead atoms. The minimum Gasteiger partial charge on any atom is -0.394 e. The van der Waals surface area contributed by atoms with Crippen LogP contribution in [0.1, 0.15) is 11.8 Å². The van der Waals surface area contributed by atoms with Crippen LogP contribution in [0.2, 0.25) is 0 Å². The van der Waals surface area contributed by atoms with Gasteiger partial charge < -0.3 is 25.8 Å². The van der Waals surface area contributed by atoms with Gasteiger partial charge in [0.25, 0.3) is 5.69 Å². The summed E-state index contributed by atoms with van der Waals surface area (Å²) in [6.07, 6.45) is -2.24. The number of anilines is 2. The minimum atomic E-state index is -1.38. The molecule has 1 aliphatic heterocycles. The molecule has 1 aliphatic rings. The highest BCUT2D eigenvalue weighted by Crippen LogP contribution is 2.35. The predicted octanol–water partition coefficient (Wildman–Crippen LogP) is -0.626. The number of non-ortho nitro benzene ring substituents is 1. The highest BCUT2D eigenvalue weighted by molar-refractivity contribution is 5.84. The lowest BCUT2D eigenvalue weighted by atomic mass is 10.1. The number of imidazole rings is 1. The number of nitrogens with one attached hydrogen (secondary N) is 1. The number of nitrogen functional groups attached to an aromatic ring is 1. The molecule has 1 fully saturated rings. The van der Waals surface area contributed by atoms with E-state index < -0.39 is 36.1 Å². The molecule has 0 unspecified atom stereocenters. The zero-order valence-electron chi connectivity index (χ0n) is 15.8. The Bertz CT molecular complexity index is 1130. The number of benzene rings is 1. The van der Waals surface area contributed by atoms with E-state index in [9.17, 15) is 25.4 Å². The summed E-state index contributed by atoms with van der Waals surface area (Å²) in [5.41, 5.74) is 9.52. The molecule has 2 aromatic heterocycles. The maximum absolute atomic E-state index is 10.7. The summed E-state index contributed by atoms with van der Waals surface area (Å²) in [5.74, 6) is 0.160. The summed E-state index contributed by atoms with van der Waals surface area (Å²) in [6.45, 7) is -0.500. The third kappa shape index (κ3) is 3.75. The van der Waals surface area contributed by atoms with E-state index in [-0.39, 0.29) is 28.6 Å². The van der Waals surface area contributed by atoms with Crippen LogP contribution in [0.5, 0.6) is 0 Å². The zero-order valence-corrected chi connectivity index (χ0v) is 15.8. The number of nitrogens with zero attached hydrogens (tertiary/aromatic N) is 6. The first-order valence-electron chi connectivity index (χ1n) is 9.05. The molecule has 0 saturated carbocycles. The van der Waals surface area contributed by atoms with E-state index >= 15 is 0 Å². The van der Waals surface area contributed by atoms with Gasteiger partial charge in [0.05, 0.1) is 17.7 Å². The van der Waals surface area contributed by atoms with Crippen LogP contribution in [0.15, 0.2) is 35.7 Å². The fourth-order valence-electron chi connectivity index (χ4n) is 3.19. The number of nitro groups is 1. The molecular weight excluding hydrogens is 412 g/mol. The average molecular weight is 430 g/mol. The van der Waals surface area contributed by atoms with Gasteiger partial charge in [0.2, 0.25) is 5.95 Å². The number of hydrazone groups is 1. The van der Waals surface area contributed by atoms with Crippen molar-refractivity contribution in [1.29, 1.82) is 0 Å². The molecule has 6 N–H and O–H groups in total. The normalized spacial score (nSPS) is 23.6. The standard InChI is InChI=1S/C17H18N8O6/c18-14-11-15(20-7-19-14)24(16-13(28)12(27)10(6-26)31-16)17(22-11)23-21-5-8-1-3-9(4-2-8)25(29)30/h1-5,7,10,12-13,16,26-28H,6H2,(H,22,23)(H2,18,19,20)/b21-5-/t10-,12+,13-,16+/m0/s1. The Hall–Kier alpha value is -3.72. The maximum Gasteiger partial charge on any atom is 0.269 e. The maximum atomic E-state index is 10.7. The van der Waals surface area contributed by atoms with Crippen molar-refractivity contribution in [3.05, 3.63) is 46.3 Å². The summed E-state index contributed by atoms with van der Waals surface area (Å²) in [7, 11) is 0. The van der Waals surface area contributed by atoms with Crippen LogP contribution in [0.3, 0.4) is 0 Å². The predicted molar refractivity (Wildman–Crippen MR) is 107 cm³/mol. The Kier molecular flexibility index (Phi) is 5.43. The number of aliphatic hydroxyl groups is 3. The number of nitrogens with two attached hydrogens (primary N) is 1. The molecule has 0 spiro atoms. The van der Waals surface area contributed by atoms with Crippen molar-refractivity contribution in [2.75, 3.05) is 17.8 Å². The SMILES string of the molecule is Nc1ncnc2c1nc(N/N=C\c1ccc([N+](=O)[O-])cc1)n2[C@@H]1O[C@@H](CO)[C@@H](O)[C@@H]1O. The first-order chi connectivity index (χ1) is 14.9. The van der Waals surface area contributed by atoms with Gasteiger partial charge >= 0.3 is 0 Å². The fourth-order valence-corrected chi connectivity index (χ4v) is 3.19. The Morgan fingerprint density at radius 1 is 1.29 bits per heavy atom. The second-order valence-corrected chi connectivity index (χ2v) is 6.68. The molecular formula is C17H18N8O6. The van der Waals surface area contributed by atoms with E-state index in [0.717, 1.165) is 0 Å². The third-order valence-electron chi connectivity index (χ3n) is 4.76. The first-order valence-corrected chi connectivity index (χ1v) is 9.05. The number of hydrogen-bond donors (Lipinski definition) is 5. The van der Waals surface area contributed by atoms with Crippen molar-refractivity contribution in [1.82, 2.24) is 19.5 Å². The van der Waals surface area contributed by atoms with Gasteiger partial charge in [-0.3, -0.25) is 14.7 Å². The van der Waals surface area contributed by atoms with Crippen molar-refractivity contribution in [3.8, 4) is 0 Å². The molecule has 3 aromatic rings. The van der Waals surface area contributed by atoms with Gasteiger partial charge in [-0.15, -0.1) is 0 Å². The lowest BCUT2D eigenvalue weighted by Crippen LogP contribution is -2.33. The van der Waals surface area contributed by atoms with Crippen molar-refractivity contribution in [2.45, 2.75) is 24.5 Å². The topological polar surface area (TPSA) is 207 Å². The summed E-state index contributed by atoms with van der Waals surface area (Å²) in [5, 5.41) is 44.7. The average Bonchev–Trinajstić information content (AvgIpc) is 3.26. The molecule has 14 nitrogen and oxygen atoms in total. The molecule has 4 rings (SSSR count). The van der Waals surface area contributed by atoms with E-state index in [1.54, 1.807) is 0 Å². The molecule has 1 saturated heterocycles. The lowest BCUT2D eigenvalue weighted by Gasteiger charge is -2.18. The second kappa shape index (κ2) is 8.19. The van der Waals surface area contributed by atoms with Crippen LogP contribution < -0.4 is 11.2 Å². The van der Waals surface area contributed by atoms with E-state index in [2.05, 4.69) is 25.5 Å². The summed E-state index contributed by atoms with van der Waals surface area (Å²) < 4.78 is 6.94. The monoisotopic (exact) mass is 430 g/mol. The Balaban J connectivity index is 1.66. The second-order valence-electron chi connectivity index (χ2n) is 6.68. The number of nitro benzene ring substituents is 1. The van der Waals surface area contributed by atoms with Crippen LogP contribution in [-0.4, -0.2) is 70.9 Å². The number of aromatic nitrogens is 4. The van der Waals surface area contributed by atoms with Gasteiger partial charge in [0.1, 0.15) is 24.6 Å². The lowest BCUT2D eigenvalue weighted by molar-refractivity contribution is -0.384. The smallest absolute Gasteiger partial charge is 0.269 e. The van der Waals surface area contributed by atoms with E-state index in [0.29, 0.717) is 5.56 Å². The van der Waals surface area contributed by atoms with Gasteiger partial charge in [-0.25, -0.2) is 20.4 Å². The van der Waals surface area contributed by atoms with Gasteiger partial charge in [-0.2, -0.15) is 5.10 Å². The summed E-state index contributed by atoms with van der Waals surface area (Å²) in [6, 6.07) is 5.71. The van der Waals surface area contributed by atoms with E-state index in [1.807, 2.05) is 0 Å². The zero-order chi connectivity index (χ0) is 22.1. The van der Waals surface area contributed by atoms with Crippen molar-refractivity contribution in [2.24, 2.45) is 5.10 Å². The number of rotatable bonds is 6. The molecule has 31 heavy (non-hydrogen) atoms. The van der Waals surface area contributed by atoms with Crippen LogP contribution >= 0.6 is 0 Å². The van der Waals surface area contributed by atoms with Crippen LogP contribution in [-0.2, 0) is 4.74 Å². The molecule has 162 valence electrons. The molecule has 1 aromatic carbocycles. The minimum absolute atomic E-state index is 0.0506. The molecule has 0 amide bonds. The van der Waals surface area contributed by atoms with Crippen LogP contribution in [0.4, 0.5) is 17.5 Å². The van der Waals surface area contributed by atoms with Gasteiger partial charge in [0, 0.05) is 12.1 Å². The summed E-state index contributed by atoms with van der Waals surface area (Å²) >= 11 is 0. The van der Waals surface area contributed by atoms with Crippen molar-refractivity contribution < 1.29 is 25.0 Å². The van der Waals surface area contributed by atoms with E-state index in [4.69, 9.17) is 10.5 Å². The molecule has 0 aliphatic carbocycles. The first kappa shape index (κ1) is 20.5. The van der Waals surface area contributed by atoms with Crippen LogP contribution in [0.25, 0.3) is 11.2 Å². The number of aliphatic hydroxyl groups excluding tert-OH is 3. The number of fused-ring (bicyclic) bond motifs is 1. The molecule has 14 heteroatoms. The number of ether oxygens (including phenoxy) is 1.